The van der Waals surface area contributed by atoms with E-state index in [9.17, 15) is 18.0 Å². The molecule has 0 amide bonds. The van der Waals surface area contributed by atoms with Gasteiger partial charge in [0.05, 0.1) is 17.0 Å². The van der Waals surface area contributed by atoms with Crippen LogP contribution >= 0.6 is 0 Å². The van der Waals surface area contributed by atoms with E-state index in [0.29, 0.717) is 6.42 Å². The van der Waals surface area contributed by atoms with E-state index in [0.717, 1.165) is 29.5 Å². The molecule has 0 spiro atoms. The van der Waals surface area contributed by atoms with Gasteiger partial charge in [-0.25, -0.2) is 8.42 Å². The van der Waals surface area contributed by atoms with Crippen LogP contribution in [0.5, 0.6) is 0 Å². The Bertz CT molecular complexity index is 1200. The molecule has 6 heteroatoms. The van der Waals surface area contributed by atoms with Gasteiger partial charge in [0.2, 0.25) is 0 Å². The molecule has 154 valence electrons. The number of sulfone groups is 1. The first-order valence-electron chi connectivity index (χ1n) is 10.6. The molecule has 5 nitrogen and oxygen atoms in total. The summed E-state index contributed by atoms with van der Waals surface area (Å²) in [6, 6.07) is 13.3. The zero-order valence-corrected chi connectivity index (χ0v) is 17.6. The number of nitrogens with zero attached hydrogens (tertiary/aromatic N) is 1. The average molecular weight is 422 g/mol. The molecule has 0 N–H and O–H groups in total. The Hall–Kier alpha value is -2.31. The second-order valence-corrected chi connectivity index (χ2v) is 11.4. The molecular weight excluding hydrogens is 398 g/mol. The Morgan fingerprint density at radius 2 is 1.70 bits per heavy atom. The molecule has 2 aromatic carbocycles. The summed E-state index contributed by atoms with van der Waals surface area (Å²) in [6.07, 6.45) is 2.23. The number of hydrogen-bond acceptors (Lipinski definition) is 5. The summed E-state index contributed by atoms with van der Waals surface area (Å²) in [5.41, 5.74) is 2.82. The number of rotatable bonds is 2. The SMILES string of the molecule is Cc1ccc(S(=O)(=O)[C@]23C[C@@H]4C(=O)CCC[C@H]4N4[C@H](C2=O)c2ccccc2[C@@H]43)cc1. The van der Waals surface area contributed by atoms with Crippen LogP contribution in [0.2, 0.25) is 0 Å². The molecule has 6 rings (SSSR count). The third-order valence-corrected chi connectivity index (χ3v) is 10.2. The van der Waals surface area contributed by atoms with Crippen molar-refractivity contribution in [1.82, 2.24) is 4.90 Å². The van der Waals surface area contributed by atoms with Gasteiger partial charge in [0.1, 0.15) is 5.78 Å². The Morgan fingerprint density at radius 3 is 2.43 bits per heavy atom. The summed E-state index contributed by atoms with van der Waals surface area (Å²) in [5, 5.41) is 0. The molecule has 0 aromatic heterocycles. The van der Waals surface area contributed by atoms with Gasteiger partial charge < -0.3 is 0 Å². The number of ketones is 2. The van der Waals surface area contributed by atoms with Crippen LogP contribution in [0.25, 0.3) is 0 Å². The summed E-state index contributed by atoms with van der Waals surface area (Å²) < 4.78 is 26.6. The van der Waals surface area contributed by atoms with E-state index >= 15 is 0 Å². The molecule has 2 aromatic rings. The van der Waals surface area contributed by atoms with Gasteiger partial charge >= 0.3 is 0 Å². The zero-order chi connectivity index (χ0) is 20.8. The molecule has 30 heavy (non-hydrogen) atoms. The lowest BCUT2D eigenvalue weighted by Gasteiger charge is -2.48. The second kappa shape index (κ2) is 5.89. The van der Waals surface area contributed by atoms with Gasteiger partial charge in [-0.15, -0.1) is 0 Å². The first kappa shape index (κ1) is 18.5. The monoisotopic (exact) mass is 421 g/mol. The highest BCUT2D eigenvalue weighted by Gasteiger charge is 2.75. The summed E-state index contributed by atoms with van der Waals surface area (Å²) in [5.74, 6) is -0.523. The lowest BCUT2D eigenvalue weighted by atomic mass is 9.70. The molecule has 1 unspecified atom stereocenters. The Morgan fingerprint density at radius 1 is 1.00 bits per heavy atom. The average Bonchev–Trinajstić information content (AvgIpc) is 3.17. The topological polar surface area (TPSA) is 71.5 Å². The van der Waals surface area contributed by atoms with E-state index in [2.05, 4.69) is 4.90 Å². The minimum absolute atomic E-state index is 0.0542. The Kier molecular flexibility index (Phi) is 3.62. The summed E-state index contributed by atoms with van der Waals surface area (Å²) in [7, 11) is -3.99. The third kappa shape index (κ3) is 1.99. The van der Waals surface area contributed by atoms with Gasteiger partial charge in [-0.2, -0.15) is 0 Å². The lowest BCUT2D eigenvalue weighted by Crippen LogP contribution is -2.59. The summed E-state index contributed by atoms with van der Waals surface area (Å²) in [4.78, 5) is 29.1. The van der Waals surface area contributed by atoms with E-state index in [1.807, 2.05) is 31.2 Å². The van der Waals surface area contributed by atoms with Crippen molar-refractivity contribution >= 4 is 21.4 Å². The molecule has 4 bridgehead atoms. The van der Waals surface area contributed by atoms with Gasteiger partial charge in [-0.05, 0) is 49.4 Å². The molecule has 4 aliphatic rings. The van der Waals surface area contributed by atoms with Crippen molar-refractivity contribution in [2.45, 2.75) is 60.4 Å². The van der Waals surface area contributed by atoms with Crippen LogP contribution in [0.3, 0.4) is 0 Å². The van der Waals surface area contributed by atoms with Crippen LogP contribution < -0.4 is 0 Å². The predicted molar refractivity (Wildman–Crippen MR) is 111 cm³/mol. The van der Waals surface area contributed by atoms with Crippen LogP contribution in [-0.4, -0.2) is 35.7 Å². The number of fused-ring (bicyclic) bond motifs is 3. The van der Waals surface area contributed by atoms with Crippen LogP contribution in [0.1, 0.15) is 54.5 Å². The number of aryl methyl sites for hydroxylation is 1. The number of piperidine rings is 1. The Balaban J connectivity index is 1.62. The van der Waals surface area contributed by atoms with E-state index in [1.54, 1.807) is 24.3 Å². The van der Waals surface area contributed by atoms with Crippen LogP contribution in [0, 0.1) is 12.8 Å². The highest BCUT2D eigenvalue weighted by molar-refractivity contribution is 7.93. The first-order valence-corrected chi connectivity index (χ1v) is 12.1. The number of carbonyl (C=O) groups excluding carboxylic acids is 2. The molecule has 1 saturated carbocycles. The van der Waals surface area contributed by atoms with E-state index in [1.165, 1.54) is 0 Å². The van der Waals surface area contributed by atoms with Gasteiger partial charge in [-0.3, -0.25) is 14.5 Å². The fourth-order valence-corrected chi connectivity index (χ4v) is 8.78. The van der Waals surface area contributed by atoms with Gasteiger partial charge in [-0.1, -0.05) is 42.0 Å². The smallest absolute Gasteiger partial charge is 0.193 e. The van der Waals surface area contributed by atoms with Gasteiger partial charge in [0, 0.05) is 18.4 Å². The second-order valence-electron chi connectivity index (χ2n) is 9.19. The van der Waals surface area contributed by atoms with E-state index < -0.39 is 32.6 Å². The molecular formula is C24H23NO4S. The van der Waals surface area contributed by atoms with Crippen LogP contribution in [0.4, 0.5) is 0 Å². The number of carbonyl (C=O) groups is 2. The van der Waals surface area contributed by atoms with Crippen molar-refractivity contribution in [3.05, 3.63) is 65.2 Å². The number of benzene rings is 2. The fraction of sp³-hybridized carbons (Fsp3) is 0.417. The molecule has 0 radical (unpaired) electrons. The summed E-state index contributed by atoms with van der Waals surface area (Å²) >= 11 is 0. The quantitative estimate of drug-likeness (QED) is 0.744. The molecule has 3 fully saturated rings. The van der Waals surface area contributed by atoms with Gasteiger partial charge in [0.15, 0.2) is 20.4 Å². The fourth-order valence-electron chi connectivity index (χ4n) is 6.55. The summed E-state index contributed by atoms with van der Waals surface area (Å²) in [6.45, 7) is 1.90. The largest absolute Gasteiger partial charge is 0.299 e. The van der Waals surface area contributed by atoms with Crippen molar-refractivity contribution < 1.29 is 18.0 Å². The molecule has 1 aliphatic carbocycles. The highest BCUT2D eigenvalue weighted by Crippen LogP contribution is 2.66. The van der Waals surface area contributed by atoms with E-state index in [4.69, 9.17) is 0 Å². The first-order chi connectivity index (χ1) is 14.4. The third-order valence-electron chi connectivity index (χ3n) is 7.81. The minimum atomic E-state index is -3.99. The standard InChI is InChI=1S/C24H23NO4S/c1-14-9-11-15(12-10-14)30(28,29)24-13-18-19(7-4-8-20(18)26)25-21(23(24)27)16-5-2-3-6-17(16)22(24)25/h2-3,5-6,9-12,18-19,21-22H,4,7-8,13H2,1H3/t18-,19+,21-,22+,24-/m0/s1. The molecule has 6 atom stereocenters. The van der Waals surface area contributed by atoms with Crippen molar-refractivity contribution in [1.29, 1.82) is 0 Å². The van der Waals surface area contributed by atoms with Gasteiger partial charge in [0.25, 0.3) is 0 Å². The minimum Gasteiger partial charge on any atom is -0.299 e. The van der Waals surface area contributed by atoms with Crippen molar-refractivity contribution in [3.8, 4) is 0 Å². The maximum Gasteiger partial charge on any atom is 0.193 e. The zero-order valence-electron chi connectivity index (χ0n) is 16.7. The highest BCUT2D eigenvalue weighted by atomic mass is 32.2. The van der Waals surface area contributed by atoms with Crippen molar-refractivity contribution in [2.75, 3.05) is 0 Å². The number of Topliss-reactive ketones (excluding diaryl/α,β-unsaturated/α-hetero) is 2. The number of hydrogen-bond donors (Lipinski definition) is 0. The normalized spacial score (nSPS) is 36.5. The molecule has 3 aliphatic heterocycles. The van der Waals surface area contributed by atoms with Crippen LogP contribution in [0.15, 0.2) is 53.4 Å². The van der Waals surface area contributed by atoms with Crippen molar-refractivity contribution in [3.63, 3.8) is 0 Å². The predicted octanol–water partition coefficient (Wildman–Crippen LogP) is 3.33. The Labute approximate surface area is 176 Å². The van der Waals surface area contributed by atoms with Crippen LogP contribution in [-0.2, 0) is 19.4 Å². The molecule has 2 saturated heterocycles. The maximum atomic E-state index is 14.1. The maximum absolute atomic E-state index is 14.1. The lowest BCUT2D eigenvalue weighted by molar-refractivity contribution is -0.130. The van der Waals surface area contributed by atoms with Crippen molar-refractivity contribution in [2.24, 2.45) is 5.92 Å². The molecule has 3 heterocycles. The van der Waals surface area contributed by atoms with E-state index in [-0.39, 0.29) is 28.9 Å².